The lowest BCUT2D eigenvalue weighted by atomic mass is 10.1. The number of benzene rings is 2. The molecule has 0 aliphatic carbocycles. The summed E-state index contributed by atoms with van der Waals surface area (Å²) in [7, 11) is 0. The van der Waals surface area contributed by atoms with Gasteiger partial charge in [-0.25, -0.2) is 0 Å². The molecule has 2 N–H and O–H groups in total. The van der Waals surface area contributed by atoms with E-state index < -0.39 is 0 Å². The molecule has 0 heterocycles. The van der Waals surface area contributed by atoms with Gasteiger partial charge in [0.05, 0.1) is 0 Å². The summed E-state index contributed by atoms with van der Waals surface area (Å²) in [6.07, 6.45) is 0. The minimum Gasteiger partial charge on any atom is -0.362 e. The van der Waals surface area contributed by atoms with Crippen LogP contribution >= 0.6 is 0 Å². The second-order valence-electron chi connectivity index (χ2n) is 6.12. The summed E-state index contributed by atoms with van der Waals surface area (Å²) in [5, 5.41) is 5.65. The lowest BCUT2D eigenvalue weighted by molar-refractivity contribution is -0.125. The van der Waals surface area contributed by atoms with Crippen LogP contribution in [0.15, 0.2) is 36.4 Å². The summed E-state index contributed by atoms with van der Waals surface area (Å²) in [5.74, 6) is -0.561. The van der Waals surface area contributed by atoms with Crippen molar-refractivity contribution in [3.05, 3.63) is 58.7 Å². The van der Waals surface area contributed by atoms with Crippen molar-refractivity contribution in [1.29, 1.82) is 0 Å². The largest absolute Gasteiger partial charge is 0.362 e. The van der Waals surface area contributed by atoms with Crippen LogP contribution in [-0.2, 0) is 14.3 Å². The van der Waals surface area contributed by atoms with Gasteiger partial charge in [-0.1, -0.05) is 36.4 Å². The van der Waals surface area contributed by atoms with E-state index in [4.69, 9.17) is 4.74 Å². The number of nitrogens with one attached hydrogen (secondary N) is 2. The highest BCUT2D eigenvalue weighted by Gasteiger charge is 2.10. The van der Waals surface area contributed by atoms with E-state index in [1.54, 1.807) is 0 Å². The molecule has 5 heteroatoms. The molecule has 0 aliphatic heterocycles. The number of aryl methyl sites for hydroxylation is 4. The monoisotopic (exact) mass is 340 g/mol. The minimum absolute atomic E-state index is 0.173. The van der Waals surface area contributed by atoms with Gasteiger partial charge in [0.2, 0.25) is 11.8 Å². The number of anilines is 2. The van der Waals surface area contributed by atoms with Gasteiger partial charge in [0.15, 0.2) is 0 Å². The molecule has 132 valence electrons. The summed E-state index contributed by atoms with van der Waals surface area (Å²) >= 11 is 0. The van der Waals surface area contributed by atoms with Crippen molar-refractivity contribution in [3.8, 4) is 0 Å². The maximum atomic E-state index is 12.0. The molecule has 0 atom stereocenters. The zero-order chi connectivity index (χ0) is 18.4. The van der Waals surface area contributed by atoms with Crippen LogP contribution in [-0.4, -0.2) is 25.0 Å². The van der Waals surface area contributed by atoms with Crippen LogP contribution in [0.3, 0.4) is 0 Å². The first-order valence-electron chi connectivity index (χ1n) is 8.18. The second-order valence-corrected chi connectivity index (χ2v) is 6.12. The molecule has 0 radical (unpaired) electrons. The predicted octanol–water partition coefficient (Wildman–Crippen LogP) is 3.51. The summed E-state index contributed by atoms with van der Waals surface area (Å²) in [6, 6.07) is 11.6. The normalized spacial score (nSPS) is 10.4. The Bertz CT molecular complexity index is 679. The van der Waals surface area contributed by atoms with Crippen molar-refractivity contribution in [1.82, 2.24) is 0 Å². The lowest BCUT2D eigenvalue weighted by Crippen LogP contribution is -2.24. The molecule has 0 saturated heterocycles. The van der Waals surface area contributed by atoms with E-state index in [0.29, 0.717) is 0 Å². The number of carbonyl (C=O) groups is 2. The number of hydrogen-bond acceptors (Lipinski definition) is 3. The average molecular weight is 340 g/mol. The Hall–Kier alpha value is -2.66. The van der Waals surface area contributed by atoms with Crippen LogP contribution in [0.5, 0.6) is 0 Å². The molecule has 0 spiro atoms. The van der Waals surface area contributed by atoms with Crippen LogP contribution in [0.25, 0.3) is 0 Å². The van der Waals surface area contributed by atoms with Crippen LogP contribution in [0.2, 0.25) is 0 Å². The Morgan fingerprint density at radius 3 is 1.36 bits per heavy atom. The first-order chi connectivity index (χ1) is 11.9. The fourth-order valence-electron chi connectivity index (χ4n) is 2.61. The van der Waals surface area contributed by atoms with Crippen LogP contribution in [0, 0.1) is 27.7 Å². The van der Waals surface area contributed by atoms with E-state index >= 15 is 0 Å². The Labute approximate surface area is 148 Å². The highest BCUT2D eigenvalue weighted by molar-refractivity contribution is 5.95. The van der Waals surface area contributed by atoms with Crippen LogP contribution < -0.4 is 10.6 Å². The van der Waals surface area contributed by atoms with Gasteiger partial charge in [-0.15, -0.1) is 0 Å². The molecular formula is C20H24N2O3. The molecule has 25 heavy (non-hydrogen) atoms. The van der Waals surface area contributed by atoms with Crippen molar-refractivity contribution in [2.75, 3.05) is 23.8 Å². The van der Waals surface area contributed by atoms with E-state index in [1.165, 1.54) is 0 Å². The summed E-state index contributed by atoms with van der Waals surface area (Å²) in [5.41, 5.74) is 5.52. The highest BCUT2D eigenvalue weighted by Crippen LogP contribution is 2.20. The molecule has 0 aliphatic rings. The van der Waals surface area contributed by atoms with Gasteiger partial charge in [0.25, 0.3) is 0 Å². The molecule has 5 nitrogen and oxygen atoms in total. The lowest BCUT2D eigenvalue weighted by Gasteiger charge is -2.13. The molecule has 0 bridgehead atoms. The van der Waals surface area contributed by atoms with E-state index in [1.807, 2.05) is 64.1 Å². The third kappa shape index (κ3) is 5.16. The van der Waals surface area contributed by atoms with Gasteiger partial charge in [0, 0.05) is 11.4 Å². The second kappa shape index (κ2) is 8.44. The number of rotatable bonds is 6. The highest BCUT2D eigenvalue weighted by atomic mass is 16.5. The fourth-order valence-corrected chi connectivity index (χ4v) is 2.61. The fraction of sp³-hybridized carbons (Fsp3) is 0.300. The first kappa shape index (κ1) is 18.7. The van der Waals surface area contributed by atoms with E-state index in [9.17, 15) is 9.59 Å². The van der Waals surface area contributed by atoms with Gasteiger partial charge in [-0.3, -0.25) is 9.59 Å². The summed E-state index contributed by atoms with van der Waals surface area (Å²) in [6.45, 7) is 7.38. The van der Waals surface area contributed by atoms with Crippen LogP contribution in [0.4, 0.5) is 11.4 Å². The number of para-hydroxylation sites is 2. The molecule has 0 fully saturated rings. The molecule has 2 aromatic carbocycles. The number of amides is 2. The van der Waals surface area contributed by atoms with Crippen molar-refractivity contribution >= 4 is 23.2 Å². The van der Waals surface area contributed by atoms with Crippen molar-refractivity contribution < 1.29 is 14.3 Å². The smallest absolute Gasteiger partial charge is 0.250 e. The van der Waals surface area contributed by atoms with Gasteiger partial charge in [-0.2, -0.15) is 0 Å². The Kier molecular flexibility index (Phi) is 6.31. The Balaban J connectivity index is 1.82. The number of ether oxygens (including phenoxy) is 1. The molecule has 2 amide bonds. The summed E-state index contributed by atoms with van der Waals surface area (Å²) in [4.78, 5) is 24.0. The Morgan fingerprint density at radius 1 is 0.720 bits per heavy atom. The third-order valence-corrected chi connectivity index (χ3v) is 3.96. The zero-order valence-electron chi connectivity index (χ0n) is 15.1. The van der Waals surface area contributed by atoms with Gasteiger partial charge in [-0.05, 0) is 49.9 Å². The molecule has 2 rings (SSSR count). The van der Waals surface area contributed by atoms with Crippen molar-refractivity contribution in [3.63, 3.8) is 0 Å². The molecular weight excluding hydrogens is 316 g/mol. The SMILES string of the molecule is Cc1cccc(C)c1NC(=O)COCC(=O)Nc1c(C)cccc1C. The van der Waals surface area contributed by atoms with E-state index in [-0.39, 0.29) is 25.0 Å². The minimum atomic E-state index is -0.280. The Morgan fingerprint density at radius 2 is 1.04 bits per heavy atom. The number of hydrogen-bond donors (Lipinski definition) is 2. The third-order valence-electron chi connectivity index (χ3n) is 3.96. The maximum absolute atomic E-state index is 12.0. The van der Waals surface area contributed by atoms with E-state index in [0.717, 1.165) is 33.6 Å². The van der Waals surface area contributed by atoms with Crippen molar-refractivity contribution in [2.24, 2.45) is 0 Å². The van der Waals surface area contributed by atoms with Crippen molar-refractivity contribution in [2.45, 2.75) is 27.7 Å². The predicted molar refractivity (Wildman–Crippen MR) is 99.9 cm³/mol. The summed E-state index contributed by atoms with van der Waals surface area (Å²) < 4.78 is 5.24. The number of carbonyl (C=O) groups excluding carboxylic acids is 2. The topological polar surface area (TPSA) is 67.4 Å². The zero-order valence-corrected chi connectivity index (χ0v) is 15.1. The molecule has 0 unspecified atom stereocenters. The van der Waals surface area contributed by atoms with Crippen LogP contribution in [0.1, 0.15) is 22.3 Å². The van der Waals surface area contributed by atoms with Gasteiger partial charge < -0.3 is 15.4 Å². The standard InChI is InChI=1S/C20H24N2O3/c1-13-7-5-8-14(2)19(13)21-17(23)11-25-12-18(24)22-20-15(3)9-6-10-16(20)4/h5-10H,11-12H2,1-4H3,(H,21,23)(H,22,24). The van der Waals surface area contributed by atoms with E-state index in [2.05, 4.69) is 10.6 Å². The molecule has 2 aromatic rings. The average Bonchev–Trinajstić information content (AvgIpc) is 2.55. The van der Waals surface area contributed by atoms with Gasteiger partial charge in [0.1, 0.15) is 13.2 Å². The first-order valence-corrected chi connectivity index (χ1v) is 8.18. The maximum Gasteiger partial charge on any atom is 0.250 e. The quantitative estimate of drug-likeness (QED) is 0.845. The molecule has 0 aromatic heterocycles. The molecule has 0 saturated carbocycles. The van der Waals surface area contributed by atoms with Gasteiger partial charge >= 0.3 is 0 Å².